The van der Waals surface area contributed by atoms with Crippen molar-refractivity contribution in [1.82, 2.24) is 4.72 Å². The molecule has 0 unspecified atom stereocenters. The number of hydrogen-bond acceptors (Lipinski definition) is 5. The highest BCUT2D eigenvalue weighted by molar-refractivity contribution is 7.89. The van der Waals surface area contributed by atoms with Gasteiger partial charge in [0.1, 0.15) is 6.04 Å². The van der Waals surface area contributed by atoms with E-state index in [9.17, 15) is 18.0 Å². The molecule has 0 aromatic heterocycles. The van der Waals surface area contributed by atoms with Crippen LogP contribution in [-0.4, -0.2) is 32.9 Å². The van der Waals surface area contributed by atoms with E-state index in [2.05, 4.69) is 10.0 Å². The second-order valence-electron chi connectivity index (χ2n) is 6.72. The number of esters is 1. The Morgan fingerprint density at radius 2 is 1.72 bits per heavy atom. The number of nitrogens with one attached hydrogen (secondary N) is 2. The fourth-order valence-electron chi connectivity index (χ4n) is 2.45. The molecule has 0 aliphatic heterocycles. The lowest BCUT2D eigenvalue weighted by Gasteiger charge is -2.20. The van der Waals surface area contributed by atoms with E-state index in [4.69, 9.17) is 16.3 Å². The van der Waals surface area contributed by atoms with Crippen LogP contribution >= 0.6 is 11.6 Å². The highest BCUT2D eigenvalue weighted by atomic mass is 35.5. The van der Waals surface area contributed by atoms with Crippen molar-refractivity contribution in [2.24, 2.45) is 5.92 Å². The smallest absolute Gasteiger partial charge is 0.324 e. The van der Waals surface area contributed by atoms with Gasteiger partial charge in [-0.1, -0.05) is 49.7 Å². The van der Waals surface area contributed by atoms with Crippen LogP contribution in [0.4, 0.5) is 5.69 Å². The van der Waals surface area contributed by atoms with E-state index in [1.54, 1.807) is 57.2 Å². The average Bonchev–Trinajstić information content (AvgIpc) is 2.68. The van der Waals surface area contributed by atoms with Gasteiger partial charge in [-0.15, -0.1) is 0 Å². The number of benzene rings is 2. The molecule has 0 saturated carbocycles. The van der Waals surface area contributed by atoms with Gasteiger partial charge in [-0.3, -0.25) is 9.59 Å². The summed E-state index contributed by atoms with van der Waals surface area (Å²) < 4.78 is 32.4. The number of sulfonamides is 1. The van der Waals surface area contributed by atoms with Crippen LogP contribution in [0.2, 0.25) is 5.02 Å². The van der Waals surface area contributed by atoms with Gasteiger partial charge in [-0.25, -0.2) is 8.42 Å². The molecule has 2 aromatic rings. The number of carbonyl (C=O) groups excluding carboxylic acids is 2. The Kier molecular flexibility index (Phi) is 7.78. The van der Waals surface area contributed by atoms with E-state index in [-0.39, 0.29) is 10.8 Å². The monoisotopic (exact) mass is 438 g/mol. The van der Waals surface area contributed by atoms with Crippen LogP contribution in [0.1, 0.15) is 19.4 Å². The third-order valence-electron chi connectivity index (χ3n) is 4.14. The summed E-state index contributed by atoms with van der Waals surface area (Å²) in [6.07, 6.45) is 0. The van der Waals surface area contributed by atoms with Gasteiger partial charge in [0.2, 0.25) is 10.0 Å². The van der Waals surface area contributed by atoms with Gasteiger partial charge in [-0.05, 0) is 42.7 Å². The lowest BCUT2D eigenvalue weighted by atomic mass is 10.1. The van der Waals surface area contributed by atoms with Crippen molar-refractivity contribution in [2.75, 3.05) is 11.9 Å². The molecule has 2 N–H and O–H groups in total. The first-order valence-electron chi connectivity index (χ1n) is 8.91. The molecule has 2 rings (SSSR count). The predicted octanol–water partition coefficient (Wildman–Crippen LogP) is 3.13. The van der Waals surface area contributed by atoms with Gasteiger partial charge in [-0.2, -0.15) is 4.72 Å². The molecule has 0 spiro atoms. The number of hydrogen-bond donors (Lipinski definition) is 2. The molecule has 0 heterocycles. The maximum atomic E-state index is 12.5. The van der Waals surface area contributed by atoms with Crippen LogP contribution in [0, 0.1) is 12.8 Å². The van der Waals surface area contributed by atoms with Crippen LogP contribution < -0.4 is 10.0 Å². The summed E-state index contributed by atoms with van der Waals surface area (Å²) >= 11 is 6.01. The minimum absolute atomic E-state index is 0.0348. The van der Waals surface area contributed by atoms with E-state index in [1.165, 1.54) is 12.1 Å². The highest BCUT2D eigenvalue weighted by Crippen LogP contribution is 2.22. The minimum atomic E-state index is -3.91. The summed E-state index contributed by atoms with van der Waals surface area (Å²) in [5.74, 6) is -1.78. The zero-order valence-electron chi connectivity index (χ0n) is 16.3. The van der Waals surface area contributed by atoms with Crippen molar-refractivity contribution in [3.8, 4) is 0 Å². The summed E-state index contributed by atoms with van der Waals surface area (Å²) in [6.45, 7) is 4.54. The van der Waals surface area contributed by atoms with E-state index in [0.29, 0.717) is 16.3 Å². The van der Waals surface area contributed by atoms with Crippen LogP contribution in [0.15, 0.2) is 53.4 Å². The first-order valence-corrected chi connectivity index (χ1v) is 10.8. The summed E-state index contributed by atoms with van der Waals surface area (Å²) in [7, 11) is -3.91. The van der Waals surface area contributed by atoms with Gasteiger partial charge < -0.3 is 10.1 Å². The Bertz CT molecular complexity index is 978. The van der Waals surface area contributed by atoms with Crippen LogP contribution in [0.3, 0.4) is 0 Å². The summed E-state index contributed by atoms with van der Waals surface area (Å²) in [5.41, 5.74) is 1.19. The van der Waals surface area contributed by atoms with Gasteiger partial charge in [0, 0.05) is 10.7 Å². The molecule has 156 valence electrons. The Morgan fingerprint density at radius 3 is 2.34 bits per heavy atom. The molecule has 2 aromatic carbocycles. The number of ether oxygens (including phenoxy) is 1. The summed E-state index contributed by atoms with van der Waals surface area (Å²) in [5, 5.41) is 3.10. The van der Waals surface area contributed by atoms with Crippen molar-refractivity contribution >= 4 is 39.2 Å². The quantitative estimate of drug-likeness (QED) is 0.616. The maximum absolute atomic E-state index is 12.5. The molecule has 0 fully saturated rings. The van der Waals surface area contributed by atoms with Crippen molar-refractivity contribution < 1.29 is 22.7 Å². The average molecular weight is 439 g/mol. The molecule has 1 atom stereocenters. The Labute approximate surface area is 175 Å². The van der Waals surface area contributed by atoms with Gasteiger partial charge in [0.25, 0.3) is 5.91 Å². The number of anilines is 1. The molecular formula is C20H23ClN2O5S. The molecule has 7 nitrogen and oxygen atoms in total. The fourth-order valence-corrected chi connectivity index (χ4v) is 3.98. The number of rotatable bonds is 8. The standard InChI is InChI=1S/C20H23ClN2O5S/c1-13(2)19(23-29(26,27)15-8-5-4-6-9-15)20(25)28-12-18(24)22-17-11-7-10-16(21)14(17)3/h4-11,13,19,23H,12H2,1-3H3,(H,22,24)/t19-/m1/s1. The Morgan fingerprint density at radius 1 is 1.07 bits per heavy atom. The first kappa shape index (κ1) is 22.9. The van der Waals surface area contributed by atoms with Crippen LogP contribution in [0.25, 0.3) is 0 Å². The molecule has 0 aliphatic rings. The molecule has 29 heavy (non-hydrogen) atoms. The lowest BCUT2D eigenvalue weighted by molar-refractivity contribution is -0.150. The van der Waals surface area contributed by atoms with Crippen molar-refractivity contribution in [1.29, 1.82) is 0 Å². The number of carbonyl (C=O) groups is 2. The molecule has 9 heteroatoms. The lowest BCUT2D eigenvalue weighted by Crippen LogP contribution is -2.45. The molecule has 0 bridgehead atoms. The Balaban J connectivity index is 2.01. The topological polar surface area (TPSA) is 102 Å². The summed E-state index contributed by atoms with van der Waals surface area (Å²) in [4.78, 5) is 24.6. The van der Waals surface area contributed by atoms with Crippen molar-refractivity contribution in [3.63, 3.8) is 0 Å². The molecule has 0 aliphatic carbocycles. The first-order chi connectivity index (χ1) is 13.6. The number of halogens is 1. The second-order valence-corrected chi connectivity index (χ2v) is 8.85. The second kappa shape index (κ2) is 9.87. The SMILES string of the molecule is Cc1c(Cl)cccc1NC(=O)COC(=O)[C@H](NS(=O)(=O)c1ccccc1)C(C)C. The van der Waals surface area contributed by atoms with Crippen molar-refractivity contribution in [3.05, 3.63) is 59.1 Å². The van der Waals surface area contributed by atoms with Crippen LogP contribution in [-0.2, 0) is 24.3 Å². The third-order valence-corrected chi connectivity index (χ3v) is 6.01. The summed E-state index contributed by atoms with van der Waals surface area (Å²) in [6, 6.07) is 11.6. The van der Waals surface area contributed by atoms with E-state index >= 15 is 0 Å². The zero-order valence-corrected chi connectivity index (χ0v) is 17.9. The van der Waals surface area contributed by atoms with Gasteiger partial charge in [0.05, 0.1) is 4.90 Å². The predicted molar refractivity (Wildman–Crippen MR) is 111 cm³/mol. The highest BCUT2D eigenvalue weighted by Gasteiger charge is 2.30. The van der Waals surface area contributed by atoms with E-state index < -0.39 is 34.5 Å². The minimum Gasteiger partial charge on any atom is -0.454 e. The van der Waals surface area contributed by atoms with Gasteiger partial charge in [0.15, 0.2) is 6.61 Å². The maximum Gasteiger partial charge on any atom is 0.324 e. The van der Waals surface area contributed by atoms with Crippen LogP contribution in [0.5, 0.6) is 0 Å². The largest absolute Gasteiger partial charge is 0.454 e. The third kappa shape index (κ3) is 6.28. The fraction of sp³-hybridized carbons (Fsp3) is 0.300. The molecule has 0 radical (unpaired) electrons. The molecule has 1 amide bonds. The number of amides is 1. The van der Waals surface area contributed by atoms with Crippen molar-refractivity contribution in [2.45, 2.75) is 31.7 Å². The normalized spacial score (nSPS) is 12.4. The van der Waals surface area contributed by atoms with E-state index in [0.717, 1.165) is 0 Å². The van der Waals surface area contributed by atoms with Gasteiger partial charge >= 0.3 is 5.97 Å². The zero-order chi connectivity index (χ0) is 21.6. The molecular weight excluding hydrogens is 416 g/mol. The Hall–Kier alpha value is -2.42. The van der Waals surface area contributed by atoms with E-state index in [1.807, 2.05) is 0 Å². The molecule has 0 saturated heterocycles.